The number of nitrogens with one attached hydrogen (secondary N) is 1. The zero-order chi connectivity index (χ0) is 12.3. The minimum Gasteiger partial charge on any atom is -0.467 e. The summed E-state index contributed by atoms with van der Waals surface area (Å²) in [6.45, 7) is 2.54. The molecule has 1 aromatic rings. The van der Waals surface area contributed by atoms with E-state index in [4.69, 9.17) is 10.2 Å². The molecule has 1 amide bonds. The average Bonchev–Trinajstić information content (AvgIpc) is 2.99. The second kappa shape index (κ2) is 5.36. The molecule has 1 aliphatic rings. The topological polar surface area (TPSA) is 68.3 Å². The standard InChI is InChI=1S/C13H20N2O2/c1-9(12-6-3-7-17-12)15-13(16)11-5-2-4-10(11)8-14/h3,6-7,9-11H,2,4-5,8,14H2,1H3,(H,15,16)/t9-,10?,11?/m0/s1. The Morgan fingerprint density at radius 2 is 2.47 bits per heavy atom. The summed E-state index contributed by atoms with van der Waals surface area (Å²) in [7, 11) is 0. The zero-order valence-electron chi connectivity index (χ0n) is 10.2. The van der Waals surface area contributed by atoms with Gasteiger partial charge in [0, 0.05) is 5.92 Å². The molecule has 1 fully saturated rings. The van der Waals surface area contributed by atoms with Crippen molar-refractivity contribution in [3.05, 3.63) is 24.2 Å². The van der Waals surface area contributed by atoms with E-state index < -0.39 is 0 Å². The number of hydrogen-bond donors (Lipinski definition) is 2. The Morgan fingerprint density at radius 3 is 3.12 bits per heavy atom. The third kappa shape index (κ3) is 2.69. The first-order valence-electron chi connectivity index (χ1n) is 6.26. The lowest BCUT2D eigenvalue weighted by molar-refractivity contribution is -0.126. The van der Waals surface area contributed by atoms with Crippen molar-refractivity contribution in [3.8, 4) is 0 Å². The van der Waals surface area contributed by atoms with Crippen molar-refractivity contribution in [1.82, 2.24) is 5.32 Å². The van der Waals surface area contributed by atoms with E-state index in [0.717, 1.165) is 25.0 Å². The van der Waals surface area contributed by atoms with Crippen LogP contribution in [0.25, 0.3) is 0 Å². The van der Waals surface area contributed by atoms with E-state index in [9.17, 15) is 4.79 Å². The fourth-order valence-corrected chi connectivity index (χ4v) is 2.59. The second-order valence-corrected chi connectivity index (χ2v) is 4.78. The van der Waals surface area contributed by atoms with Gasteiger partial charge in [0.1, 0.15) is 5.76 Å². The van der Waals surface area contributed by atoms with Crippen molar-refractivity contribution in [3.63, 3.8) is 0 Å². The molecule has 94 valence electrons. The molecule has 1 aromatic heterocycles. The third-order valence-electron chi connectivity index (χ3n) is 3.63. The Balaban J connectivity index is 1.92. The minimum absolute atomic E-state index is 0.0727. The summed E-state index contributed by atoms with van der Waals surface area (Å²) in [6.07, 6.45) is 4.76. The number of furan rings is 1. The van der Waals surface area contributed by atoms with E-state index in [2.05, 4.69) is 5.32 Å². The van der Waals surface area contributed by atoms with Crippen LogP contribution in [0.3, 0.4) is 0 Å². The van der Waals surface area contributed by atoms with Gasteiger partial charge in [-0.05, 0) is 44.4 Å². The van der Waals surface area contributed by atoms with Crippen LogP contribution in [0.2, 0.25) is 0 Å². The van der Waals surface area contributed by atoms with E-state index in [1.54, 1.807) is 6.26 Å². The molecule has 4 heteroatoms. The molecule has 0 radical (unpaired) electrons. The van der Waals surface area contributed by atoms with Crippen molar-refractivity contribution in [1.29, 1.82) is 0 Å². The maximum atomic E-state index is 12.1. The predicted molar refractivity (Wildman–Crippen MR) is 65.2 cm³/mol. The van der Waals surface area contributed by atoms with Crippen LogP contribution in [0.1, 0.15) is 38.0 Å². The molecule has 3 N–H and O–H groups in total. The summed E-state index contributed by atoms with van der Waals surface area (Å²) >= 11 is 0. The van der Waals surface area contributed by atoms with Gasteiger partial charge < -0.3 is 15.5 Å². The molecule has 1 heterocycles. The van der Waals surface area contributed by atoms with Gasteiger partial charge >= 0.3 is 0 Å². The first kappa shape index (κ1) is 12.2. The average molecular weight is 236 g/mol. The maximum Gasteiger partial charge on any atom is 0.224 e. The summed E-state index contributed by atoms with van der Waals surface area (Å²) in [5, 5.41) is 3.00. The first-order valence-corrected chi connectivity index (χ1v) is 6.26. The van der Waals surface area contributed by atoms with Gasteiger partial charge in [-0.25, -0.2) is 0 Å². The third-order valence-corrected chi connectivity index (χ3v) is 3.63. The van der Waals surface area contributed by atoms with Crippen LogP contribution in [0.5, 0.6) is 0 Å². The van der Waals surface area contributed by atoms with Crippen molar-refractivity contribution in [2.24, 2.45) is 17.6 Å². The summed E-state index contributed by atoms with van der Waals surface area (Å²) in [6, 6.07) is 3.63. The molecule has 3 atom stereocenters. The Morgan fingerprint density at radius 1 is 1.65 bits per heavy atom. The van der Waals surface area contributed by atoms with Crippen LogP contribution in [0.15, 0.2) is 22.8 Å². The highest BCUT2D eigenvalue weighted by Gasteiger charge is 2.32. The Bertz CT molecular complexity index is 362. The number of carbonyl (C=O) groups is 1. The molecule has 1 aliphatic carbocycles. The molecule has 17 heavy (non-hydrogen) atoms. The SMILES string of the molecule is C[C@H](NC(=O)C1CCCC1CN)c1ccco1. The van der Waals surface area contributed by atoms with Crippen LogP contribution in [-0.4, -0.2) is 12.5 Å². The lowest BCUT2D eigenvalue weighted by atomic mass is 9.95. The molecule has 1 saturated carbocycles. The fourth-order valence-electron chi connectivity index (χ4n) is 2.59. The summed E-state index contributed by atoms with van der Waals surface area (Å²) in [4.78, 5) is 12.1. The Kier molecular flexibility index (Phi) is 3.84. The summed E-state index contributed by atoms with van der Waals surface area (Å²) in [5.74, 6) is 1.33. The molecule has 0 aromatic carbocycles. The highest BCUT2D eigenvalue weighted by molar-refractivity contribution is 5.79. The molecule has 0 bridgehead atoms. The molecular formula is C13H20N2O2. The molecule has 0 aliphatic heterocycles. The highest BCUT2D eigenvalue weighted by Crippen LogP contribution is 2.31. The molecule has 0 saturated heterocycles. The zero-order valence-corrected chi connectivity index (χ0v) is 10.2. The lowest BCUT2D eigenvalue weighted by Gasteiger charge is -2.19. The van der Waals surface area contributed by atoms with Gasteiger partial charge in [-0.2, -0.15) is 0 Å². The molecular weight excluding hydrogens is 216 g/mol. The van der Waals surface area contributed by atoms with Crippen LogP contribution in [0.4, 0.5) is 0 Å². The monoisotopic (exact) mass is 236 g/mol. The van der Waals surface area contributed by atoms with Crippen molar-refractivity contribution >= 4 is 5.91 Å². The largest absolute Gasteiger partial charge is 0.467 e. The molecule has 0 spiro atoms. The van der Waals surface area contributed by atoms with E-state index in [0.29, 0.717) is 12.5 Å². The van der Waals surface area contributed by atoms with Gasteiger partial charge in [-0.15, -0.1) is 0 Å². The van der Waals surface area contributed by atoms with Gasteiger partial charge in [-0.1, -0.05) is 6.42 Å². The summed E-state index contributed by atoms with van der Waals surface area (Å²) < 4.78 is 5.27. The van der Waals surface area contributed by atoms with Crippen molar-refractivity contribution in [2.75, 3.05) is 6.54 Å². The van der Waals surface area contributed by atoms with Crippen LogP contribution >= 0.6 is 0 Å². The van der Waals surface area contributed by atoms with Crippen LogP contribution in [-0.2, 0) is 4.79 Å². The number of amides is 1. The highest BCUT2D eigenvalue weighted by atomic mass is 16.3. The first-order chi connectivity index (χ1) is 8.22. The van der Waals surface area contributed by atoms with Gasteiger partial charge in [-0.3, -0.25) is 4.79 Å². The van der Waals surface area contributed by atoms with E-state index >= 15 is 0 Å². The van der Waals surface area contributed by atoms with Crippen LogP contribution < -0.4 is 11.1 Å². The predicted octanol–water partition coefficient (Wildman–Crippen LogP) is 1.83. The summed E-state index contributed by atoms with van der Waals surface area (Å²) in [5.41, 5.74) is 5.69. The maximum absolute atomic E-state index is 12.1. The van der Waals surface area contributed by atoms with Gasteiger partial charge in [0.25, 0.3) is 0 Å². The quantitative estimate of drug-likeness (QED) is 0.838. The second-order valence-electron chi connectivity index (χ2n) is 4.78. The smallest absolute Gasteiger partial charge is 0.224 e. The molecule has 4 nitrogen and oxygen atoms in total. The number of carbonyl (C=O) groups excluding carboxylic acids is 1. The lowest BCUT2D eigenvalue weighted by Crippen LogP contribution is -2.36. The van der Waals surface area contributed by atoms with E-state index in [1.807, 2.05) is 19.1 Å². The minimum atomic E-state index is -0.0727. The Labute approximate surface area is 102 Å². The number of hydrogen-bond acceptors (Lipinski definition) is 3. The van der Waals surface area contributed by atoms with E-state index in [-0.39, 0.29) is 17.9 Å². The molecule has 2 unspecified atom stereocenters. The van der Waals surface area contributed by atoms with Crippen molar-refractivity contribution in [2.45, 2.75) is 32.2 Å². The van der Waals surface area contributed by atoms with Crippen molar-refractivity contribution < 1.29 is 9.21 Å². The Hall–Kier alpha value is -1.29. The fraction of sp³-hybridized carbons (Fsp3) is 0.615. The normalized spacial score (nSPS) is 25.8. The van der Waals surface area contributed by atoms with Crippen LogP contribution in [0, 0.1) is 11.8 Å². The van der Waals surface area contributed by atoms with Gasteiger partial charge in [0.15, 0.2) is 0 Å². The number of nitrogens with two attached hydrogens (primary N) is 1. The van der Waals surface area contributed by atoms with E-state index in [1.165, 1.54) is 0 Å². The van der Waals surface area contributed by atoms with Gasteiger partial charge in [0.05, 0.1) is 12.3 Å². The number of rotatable bonds is 4. The van der Waals surface area contributed by atoms with Gasteiger partial charge in [0.2, 0.25) is 5.91 Å². The molecule has 2 rings (SSSR count).